The van der Waals surface area contributed by atoms with Gasteiger partial charge < -0.3 is 14.2 Å². The average molecular weight is 315 g/mol. The van der Waals surface area contributed by atoms with Crippen LogP contribution in [0.4, 0.5) is 9.59 Å². The molecule has 0 aromatic heterocycles. The standard InChI is InChI=1S/C15H25NO6/c1-9-10(11(17)20-8)16(12(18)21-14(2,3)4)13(19)22-15(5,6)7/h9H,1-8H3/b10-9+. The molecule has 2 amide bonds. The van der Waals surface area contributed by atoms with Crippen LogP contribution in [0.2, 0.25) is 0 Å². The van der Waals surface area contributed by atoms with Gasteiger partial charge in [0.05, 0.1) is 7.11 Å². The highest BCUT2D eigenvalue weighted by atomic mass is 16.6. The fourth-order valence-electron chi connectivity index (χ4n) is 1.33. The van der Waals surface area contributed by atoms with Crippen molar-refractivity contribution < 1.29 is 28.6 Å². The molecule has 0 saturated heterocycles. The summed E-state index contributed by atoms with van der Waals surface area (Å²) in [6.07, 6.45) is -0.750. The second-order valence-corrected chi connectivity index (χ2v) is 6.46. The molecule has 7 heteroatoms. The lowest BCUT2D eigenvalue weighted by molar-refractivity contribution is -0.138. The van der Waals surface area contributed by atoms with Crippen LogP contribution in [0.25, 0.3) is 0 Å². The van der Waals surface area contributed by atoms with Crippen LogP contribution in [0, 0.1) is 0 Å². The topological polar surface area (TPSA) is 82.1 Å². The summed E-state index contributed by atoms with van der Waals surface area (Å²) in [5, 5.41) is 0. The van der Waals surface area contributed by atoms with Crippen molar-refractivity contribution in [2.24, 2.45) is 0 Å². The molecule has 0 fully saturated rings. The van der Waals surface area contributed by atoms with Crippen molar-refractivity contribution in [3.63, 3.8) is 0 Å². The maximum Gasteiger partial charge on any atom is 0.424 e. The largest absolute Gasteiger partial charge is 0.464 e. The van der Waals surface area contributed by atoms with Crippen LogP contribution in [0.5, 0.6) is 0 Å². The highest BCUT2D eigenvalue weighted by molar-refractivity contribution is 6.01. The van der Waals surface area contributed by atoms with Gasteiger partial charge in [0, 0.05) is 0 Å². The van der Waals surface area contributed by atoms with E-state index in [0.29, 0.717) is 4.90 Å². The Morgan fingerprint density at radius 1 is 0.864 bits per heavy atom. The Labute approximate surface area is 131 Å². The van der Waals surface area contributed by atoms with Gasteiger partial charge in [0.25, 0.3) is 0 Å². The van der Waals surface area contributed by atoms with Crippen LogP contribution in [-0.2, 0) is 19.0 Å². The molecule has 0 aromatic carbocycles. The lowest BCUT2D eigenvalue weighted by Crippen LogP contribution is -2.44. The monoisotopic (exact) mass is 315 g/mol. The Balaban J connectivity index is 5.63. The first kappa shape index (κ1) is 19.9. The van der Waals surface area contributed by atoms with Crippen LogP contribution in [-0.4, -0.2) is 41.4 Å². The average Bonchev–Trinajstić information content (AvgIpc) is 2.29. The Hall–Kier alpha value is -2.05. The number of carbonyl (C=O) groups is 3. The third-order valence-corrected chi connectivity index (χ3v) is 2.06. The van der Waals surface area contributed by atoms with Crippen LogP contribution < -0.4 is 0 Å². The van der Waals surface area contributed by atoms with Gasteiger partial charge in [-0.25, -0.2) is 14.4 Å². The van der Waals surface area contributed by atoms with E-state index in [1.807, 2.05) is 0 Å². The van der Waals surface area contributed by atoms with E-state index in [9.17, 15) is 14.4 Å². The molecule has 0 aliphatic heterocycles. The molecule has 0 rings (SSSR count). The molecule has 0 aliphatic rings. The number of ether oxygens (including phenoxy) is 3. The van der Waals surface area contributed by atoms with Crippen LogP contribution in [0.3, 0.4) is 0 Å². The normalized spacial score (nSPS) is 12.5. The number of esters is 1. The van der Waals surface area contributed by atoms with Gasteiger partial charge in [-0.15, -0.1) is 0 Å². The maximum absolute atomic E-state index is 12.3. The van der Waals surface area contributed by atoms with E-state index in [2.05, 4.69) is 4.74 Å². The summed E-state index contributed by atoms with van der Waals surface area (Å²) in [5.41, 5.74) is -1.95. The summed E-state index contributed by atoms with van der Waals surface area (Å²) in [4.78, 5) is 36.8. The first-order valence-corrected chi connectivity index (χ1v) is 6.83. The molecular weight excluding hydrogens is 290 g/mol. The fourth-order valence-corrected chi connectivity index (χ4v) is 1.33. The highest BCUT2D eigenvalue weighted by Gasteiger charge is 2.36. The van der Waals surface area contributed by atoms with Gasteiger partial charge in [-0.1, -0.05) is 6.08 Å². The molecule has 0 unspecified atom stereocenters. The third-order valence-electron chi connectivity index (χ3n) is 2.06. The van der Waals surface area contributed by atoms with E-state index >= 15 is 0 Å². The van der Waals surface area contributed by atoms with Crippen molar-refractivity contribution in [3.05, 3.63) is 11.8 Å². The molecule has 7 nitrogen and oxygen atoms in total. The second-order valence-electron chi connectivity index (χ2n) is 6.46. The minimum atomic E-state index is -1.01. The first-order valence-electron chi connectivity index (χ1n) is 6.83. The van der Waals surface area contributed by atoms with Crippen LogP contribution in [0.15, 0.2) is 11.8 Å². The number of nitrogens with zero attached hydrogens (tertiary/aromatic N) is 1. The minimum absolute atomic E-state index is 0.272. The quantitative estimate of drug-likeness (QED) is 0.442. The van der Waals surface area contributed by atoms with E-state index < -0.39 is 29.4 Å². The van der Waals surface area contributed by atoms with Crippen LogP contribution in [0.1, 0.15) is 48.5 Å². The first-order chi connectivity index (χ1) is 9.82. The number of methoxy groups -OCH3 is 1. The van der Waals surface area contributed by atoms with Gasteiger partial charge in [0.1, 0.15) is 16.9 Å². The number of carbonyl (C=O) groups excluding carboxylic acids is 3. The zero-order valence-corrected chi connectivity index (χ0v) is 14.5. The molecule has 0 spiro atoms. The molecule has 0 aromatic rings. The molecule has 0 radical (unpaired) electrons. The van der Waals surface area contributed by atoms with E-state index in [1.165, 1.54) is 13.0 Å². The van der Waals surface area contributed by atoms with Crippen molar-refractivity contribution in [1.29, 1.82) is 0 Å². The number of imide groups is 1. The Morgan fingerprint density at radius 3 is 1.45 bits per heavy atom. The Kier molecular flexibility index (Phi) is 6.61. The van der Waals surface area contributed by atoms with E-state index in [-0.39, 0.29) is 5.70 Å². The van der Waals surface area contributed by atoms with E-state index in [0.717, 1.165) is 7.11 Å². The summed E-state index contributed by atoms with van der Waals surface area (Å²) < 4.78 is 14.9. The van der Waals surface area contributed by atoms with Gasteiger partial charge in [-0.05, 0) is 48.5 Å². The molecule has 0 saturated carbocycles. The summed E-state index contributed by atoms with van der Waals surface area (Å²) in [6, 6.07) is 0. The Bertz CT molecular complexity index is 439. The molecule has 0 bridgehead atoms. The third kappa shape index (κ3) is 6.60. The zero-order valence-electron chi connectivity index (χ0n) is 14.5. The zero-order chi connectivity index (χ0) is 17.7. The molecule has 0 N–H and O–H groups in total. The second kappa shape index (κ2) is 7.29. The highest BCUT2D eigenvalue weighted by Crippen LogP contribution is 2.19. The predicted octanol–water partition coefficient (Wildman–Crippen LogP) is 3.24. The molecule has 0 aliphatic carbocycles. The summed E-state index contributed by atoms with van der Waals surface area (Å²) in [6.45, 7) is 11.4. The smallest absolute Gasteiger partial charge is 0.424 e. The molecular formula is C15H25NO6. The molecule has 126 valence electrons. The summed E-state index contributed by atoms with van der Waals surface area (Å²) in [7, 11) is 1.15. The SMILES string of the molecule is C/C=C(\C(=O)OC)N(C(=O)OC(C)(C)C)C(=O)OC(C)(C)C. The Morgan fingerprint density at radius 2 is 1.23 bits per heavy atom. The number of allylic oxidation sites excluding steroid dienone is 1. The van der Waals surface area contributed by atoms with Gasteiger partial charge in [-0.3, -0.25) is 0 Å². The fraction of sp³-hybridized carbons (Fsp3) is 0.667. The number of amides is 2. The van der Waals surface area contributed by atoms with Crippen LogP contribution >= 0.6 is 0 Å². The molecule has 22 heavy (non-hydrogen) atoms. The van der Waals surface area contributed by atoms with E-state index in [4.69, 9.17) is 9.47 Å². The van der Waals surface area contributed by atoms with Crippen molar-refractivity contribution in [3.8, 4) is 0 Å². The number of rotatable bonds is 2. The van der Waals surface area contributed by atoms with Crippen molar-refractivity contribution in [1.82, 2.24) is 4.90 Å². The maximum atomic E-state index is 12.3. The van der Waals surface area contributed by atoms with Gasteiger partial charge >= 0.3 is 18.2 Å². The number of hydrogen-bond donors (Lipinski definition) is 0. The minimum Gasteiger partial charge on any atom is -0.464 e. The van der Waals surface area contributed by atoms with Crippen molar-refractivity contribution in [2.45, 2.75) is 59.7 Å². The summed E-state index contributed by atoms with van der Waals surface area (Å²) >= 11 is 0. The van der Waals surface area contributed by atoms with Crippen molar-refractivity contribution in [2.75, 3.05) is 7.11 Å². The van der Waals surface area contributed by atoms with Gasteiger partial charge in [0.15, 0.2) is 0 Å². The molecule has 0 atom stereocenters. The number of hydrogen-bond acceptors (Lipinski definition) is 6. The van der Waals surface area contributed by atoms with Gasteiger partial charge in [-0.2, -0.15) is 4.90 Å². The lowest BCUT2D eigenvalue weighted by Gasteiger charge is -2.28. The van der Waals surface area contributed by atoms with Crippen molar-refractivity contribution >= 4 is 18.2 Å². The van der Waals surface area contributed by atoms with Gasteiger partial charge in [0.2, 0.25) is 0 Å². The summed E-state index contributed by atoms with van der Waals surface area (Å²) in [5.74, 6) is -0.848. The predicted molar refractivity (Wildman–Crippen MR) is 80.1 cm³/mol. The van der Waals surface area contributed by atoms with E-state index in [1.54, 1.807) is 41.5 Å². The molecule has 0 heterocycles. The lowest BCUT2D eigenvalue weighted by atomic mass is 10.2.